The van der Waals surface area contributed by atoms with Crippen molar-refractivity contribution in [3.05, 3.63) is 29.6 Å². The molecule has 12 heavy (non-hydrogen) atoms. The Morgan fingerprint density at radius 2 is 1.83 bits per heavy atom. The highest BCUT2D eigenvalue weighted by Gasteiger charge is 2.21. The summed E-state index contributed by atoms with van der Waals surface area (Å²) < 4.78 is 0. The quantitative estimate of drug-likeness (QED) is 0.569. The van der Waals surface area contributed by atoms with Crippen LogP contribution in [0.3, 0.4) is 0 Å². The molecule has 1 nitrogen and oxygen atoms in total. The van der Waals surface area contributed by atoms with Crippen LogP contribution in [0.15, 0.2) is 18.5 Å². The van der Waals surface area contributed by atoms with Crippen molar-refractivity contribution in [2.24, 2.45) is 11.8 Å². The molecule has 0 aliphatic heterocycles. The molecule has 1 aliphatic rings. The zero-order chi connectivity index (χ0) is 8.55. The average Bonchev–Trinajstić information content (AvgIpc) is 2.07. The maximum Gasteiger partial charge on any atom is 0.0302 e. The Bertz CT molecular complexity index is 251. The molecule has 1 aromatic heterocycles. The van der Waals surface area contributed by atoms with Gasteiger partial charge >= 0.3 is 0 Å². The first kappa shape index (κ1) is 7.78. The third-order valence-corrected chi connectivity index (χ3v) is 3.06. The average molecular weight is 161 g/mol. The van der Waals surface area contributed by atoms with Crippen LogP contribution >= 0.6 is 0 Å². The Kier molecular flexibility index (Phi) is 1.87. The van der Waals surface area contributed by atoms with Crippen LogP contribution < -0.4 is 0 Å². The normalized spacial score (nSPS) is 28.2. The number of fused-ring (bicyclic) bond motifs is 1. The van der Waals surface area contributed by atoms with Crippen molar-refractivity contribution in [1.29, 1.82) is 0 Å². The Morgan fingerprint density at radius 3 is 2.58 bits per heavy atom. The highest BCUT2D eigenvalue weighted by atomic mass is 14.6. The van der Waals surface area contributed by atoms with E-state index in [9.17, 15) is 0 Å². The molecule has 64 valence electrons. The molecule has 1 heteroatoms. The van der Waals surface area contributed by atoms with Gasteiger partial charge < -0.3 is 0 Å². The number of hydrogen-bond acceptors (Lipinski definition) is 1. The molecule has 0 fully saturated rings. The summed E-state index contributed by atoms with van der Waals surface area (Å²) in [5.74, 6) is 1.65. The van der Waals surface area contributed by atoms with E-state index in [0.717, 1.165) is 11.8 Å². The van der Waals surface area contributed by atoms with Crippen LogP contribution in [-0.4, -0.2) is 4.98 Å². The second-order valence-corrected chi connectivity index (χ2v) is 4.01. The van der Waals surface area contributed by atoms with Crippen LogP contribution in [0, 0.1) is 11.8 Å². The molecule has 0 saturated carbocycles. The van der Waals surface area contributed by atoms with Crippen molar-refractivity contribution in [2.45, 2.75) is 26.7 Å². The second kappa shape index (κ2) is 2.89. The summed E-state index contributed by atoms with van der Waals surface area (Å²) in [6, 6.07) is 2.16. The largest absolute Gasteiger partial charge is 0.264 e. The molecular weight excluding hydrogens is 146 g/mol. The van der Waals surface area contributed by atoms with E-state index in [4.69, 9.17) is 0 Å². The lowest BCUT2D eigenvalue weighted by molar-refractivity contribution is 0.360. The van der Waals surface area contributed by atoms with Gasteiger partial charge in [0.15, 0.2) is 0 Å². The van der Waals surface area contributed by atoms with Gasteiger partial charge in [-0.05, 0) is 41.9 Å². The minimum atomic E-state index is 0.821. The molecule has 0 saturated heterocycles. The molecule has 0 N–H and O–H groups in total. The molecule has 2 atom stereocenters. The predicted molar refractivity (Wildman–Crippen MR) is 50.0 cm³/mol. The molecule has 2 rings (SSSR count). The van der Waals surface area contributed by atoms with Crippen molar-refractivity contribution in [3.63, 3.8) is 0 Å². The number of hydrogen-bond donors (Lipinski definition) is 0. The minimum Gasteiger partial charge on any atom is -0.264 e. The lowest BCUT2D eigenvalue weighted by Gasteiger charge is -2.27. The molecule has 0 unspecified atom stereocenters. The van der Waals surface area contributed by atoms with Crippen LogP contribution in [0.1, 0.15) is 25.0 Å². The van der Waals surface area contributed by atoms with Gasteiger partial charge in [0.1, 0.15) is 0 Å². The zero-order valence-electron chi connectivity index (χ0n) is 7.75. The molecule has 0 spiro atoms. The lowest BCUT2D eigenvalue weighted by atomic mass is 9.79. The van der Waals surface area contributed by atoms with E-state index in [1.54, 1.807) is 0 Å². The van der Waals surface area contributed by atoms with Crippen molar-refractivity contribution in [2.75, 3.05) is 0 Å². The van der Waals surface area contributed by atoms with Crippen LogP contribution in [0.5, 0.6) is 0 Å². The summed E-state index contributed by atoms with van der Waals surface area (Å²) in [5, 5.41) is 0. The van der Waals surface area contributed by atoms with Gasteiger partial charge in [-0.2, -0.15) is 0 Å². The Morgan fingerprint density at radius 1 is 1.17 bits per heavy atom. The van der Waals surface area contributed by atoms with Crippen molar-refractivity contribution in [3.8, 4) is 0 Å². The summed E-state index contributed by atoms with van der Waals surface area (Å²) >= 11 is 0. The van der Waals surface area contributed by atoms with E-state index < -0.39 is 0 Å². The van der Waals surface area contributed by atoms with E-state index in [2.05, 4.69) is 24.9 Å². The molecule has 1 heterocycles. The summed E-state index contributed by atoms with van der Waals surface area (Å²) in [5.41, 5.74) is 2.97. The minimum absolute atomic E-state index is 0.821. The molecule has 0 bridgehead atoms. The molecule has 0 amide bonds. The number of rotatable bonds is 0. The monoisotopic (exact) mass is 161 g/mol. The molecule has 0 aromatic carbocycles. The van der Waals surface area contributed by atoms with Gasteiger partial charge in [-0.25, -0.2) is 0 Å². The van der Waals surface area contributed by atoms with E-state index in [1.807, 2.05) is 12.4 Å². The molecule has 0 radical (unpaired) electrons. The van der Waals surface area contributed by atoms with Gasteiger partial charge in [0.25, 0.3) is 0 Å². The van der Waals surface area contributed by atoms with Gasteiger partial charge in [-0.3, -0.25) is 4.98 Å². The smallest absolute Gasteiger partial charge is 0.0302 e. The highest BCUT2D eigenvalue weighted by molar-refractivity contribution is 5.26. The Hall–Kier alpha value is -0.850. The standard InChI is InChI=1S/C11H15N/c1-8-5-10-3-4-12-7-11(10)6-9(8)2/h3-4,7-9H,5-6H2,1-2H3/t8-,9+/m0/s1. The maximum absolute atomic E-state index is 4.16. The van der Waals surface area contributed by atoms with Crippen LogP contribution in [0.25, 0.3) is 0 Å². The fourth-order valence-electron chi connectivity index (χ4n) is 1.94. The maximum atomic E-state index is 4.16. The fraction of sp³-hybridized carbons (Fsp3) is 0.545. The van der Waals surface area contributed by atoms with Crippen LogP contribution in [0.4, 0.5) is 0 Å². The molecular formula is C11H15N. The van der Waals surface area contributed by atoms with Crippen molar-refractivity contribution < 1.29 is 0 Å². The van der Waals surface area contributed by atoms with E-state index in [1.165, 1.54) is 24.0 Å². The van der Waals surface area contributed by atoms with Gasteiger partial charge in [-0.1, -0.05) is 13.8 Å². The van der Waals surface area contributed by atoms with E-state index >= 15 is 0 Å². The predicted octanol–water partition coefficient (Wildman–Crippen LogP) is 2.45. The Labute approximate surface area is 73.8 Å². The van der Waals surface area contributed by atoms with Gasteiger partial charge in [0.05, 0.1) is 0 Å². The number of pyridine rings is 1. The van der Waals surface area contributed by atoms with Crippen molar-refractivity contribution in [1.82, 2.24) is 4.98 Å². The third-order valence-electron chi connectivity index (χ3n) is 3.06. The fourth-order valence-corrected chi connectivity index (χ4v) is 1.94. The lowest BCUT2D eigenvalue weighted by Crippen LogP contribution is -2.20. The summed E-state index contributed by atoms with van der Waals surface area (Å²) in [6.45, 7) is 4.68. The first-order chi connectivity index (χ1) is 5.77. The second-order valence-electron chi connectivity index (χ2n) is 4.01. The van der Waals surface area contributed by atoms with Gasteiger partial charge in [0.2, 0.25) is 0 Å². The first-order valence-electron chi connectivity index (χ1n) is 4.69. The van der Waals surface area contributed by atoms with Gasteiger partial charge in [-0.15, -0.1) is 0 Å². The summed E-state index contributed by atoms with van der Waals surface area (Å²) in [6.07, 6.45) is 6.38. The van der Waals surface area contributed by atoms with Crippen LogP contribution in [-0.2, 0) is 12.8 Å². The summed E-state index contributed by atoms with van der Waals surface area (Å²) in [4.78, 5) is 4.16. The summed E-state index contributed by atoms with van der Waals surface area (Å²) in [7, 11) is 0. The Balaban J connectivity index is 2.34. The number of aromatic nitrogens is 1. The highest BCUT2D eigenvalue weighted by Crippen LogP contribution is 2.28. The van der Waals surface area contributed by atoms with Gasteiger partial charge in [0, 0.05) is 12.4 Å². The molecule has 1 aliphatic carbocycles. The zero-order valence-corrected chi connectivity index (χ0v) is 7.75. The first-order valence-corrected chi connectivity index (χ1v) is 4.69. The van der Waals surface area contributed by atoms with E-state index in [-0.39, 0.29) is 0 Å². The number of nitrogens with zero attached hydrogens (tertiary/aromatic N) is 1. The van der Waals surface area contributed by atoms with Crippen LogP contribution in [0.2, 0.25) is 0 Å². The molecule has 1 aromatic rings. The topological polar surface area (TPSA) is 12.9 Å². The van der Waals surface area contributed by atoms with Crippen molar-refractivity contribution >= 4 is 0 Å². The van der Waals surface area contributed by atoms with E-state index in [0.29, 0.717) is 0 Å². The third kappa shape index (κ3) is 1.24. The SMILES string of the molecule is C[C@@H]1Cc2cnccc2C[C@@H]1C.